The molecule has 0 aliphatic heterocycles. The van der Waals surface area contributed by atoms with Crippen LogP contribution in [0.5, 0.6) is 0 Å². The highest BCUT2D eigenvalue weighted by atomic mass is 32.1. The Labute approximate surface area is 111 Å². The summed E-state index contributed by atoms with van der Waals surface area (Å²) in [6.45, 7) is 0. The molecule has 0 unspecified atom stereocenters. The van der Waals surface area contributed by atoms with Gasteiger partial charge < -0.3 is 4.43 Å². The second-order valence-electron chi connectivity index (χ2n) is 3.92. The molecule has 88 valence electrons. The number of thiol groups is 1. The molecule has 0 bridgehead atoms. The van der Waals surface area contributed by atoms with Crippen molar-refractivity contribution in [2.24, 2.45) is 0 Å². The predicted molar refractivity (Wildman–Crippen MR) is 78.5 cm³/mol. The van der Waals surface area contributed by atoms with Gasteiger partial charge in [-0.15, -0.1) is 0 Å². The third kappa shape index (κ3) is 2.32. The van der Waals surface area contributed by atoms with Gasteiger partial charge >= 0.3 is 0 Å². The number of hydrogen-bond acceptors (Lipinski definition) is 2. The molecule has 0 heterocycles. The lowest BCUT2D eigenvalue weighted by Gasteiger charge is -2.32. The molecule has 0 saturated carbocycles. The van der Waals surface area contributed by atoms with E-state index in [1.54, 1.807) is 0 Å². The fraction of sp³-hybridized carbons (Fsp3) is 0.143. The fourth-order valence-corrected chi connectivity index (χ4v) is 3.42. The van der Waals surface area contributed by atoms with Crippen LogP contribution < -0.4 is 0 Å². The zero-order chi connectivity index (χ0) is 12.1. The van der Waals surface area contributed by atoms with Crippen molar-refractivity contribution >= 4 is 23.1 Å². The standard InChI is InChI=1S/C14H16OSSi/c16-11-14(15-17,12-7-3-1-4-8-12)13-9-5-2-6-10-13/h1-10,16H,11H2,17H3. The van der Waals surface area contributed by atoms with Crippen LogP contribution in [0.3, 0.4) is 0 Å². The zero-order valence-corrected chi connectivity index (χ0v) is 12.7. The smallest absolute Gasteiger partial charge is 0.147 e. The van der Waals surface area contributed by atoms with Crippen molar-refractivity contribution in [1.29, 1.82) is 0 Å². The average Bonchev–Trinajstić information content (AvgIpc) is 2.43. The Bertz CT molecular complexity index is 413. The molecule has 2 aromatic carbocycles. The maximum Gasteiger partial charge on any atom is 0.147 e. The Hall–Kier alpha value is -1.03. The van der Waals surface area contributed by atoms with Crippen LogP contribution in [0.25, 0.3) is 0 Å². The minimum absolute atomic E-state index is 0.405. The van der Waals surface area contributed by atoms with E-state index in [1.165, 1.54) is 0 Å². The number of rotatable bonds is 4. The summed E-state index contributed by atoms with van der Waals surface area (Å²) in [7, 11) is 0.677. The summed E-state index contributed by atoms with van der Waals surface area (Å²) in [5, 5.41) is 0. The van der Waals surface area contributed by atoms with Gasteiger partial charge in [0.1, 0.15) is 16.1 Å². The molecule has 1 nitrogen and oxygen atoms in total. The molecule has 0 radical (unpaired) electrons. The highest BCUT2D eigenvalue weighted by Crippen LogP contribution is 2.33. The molecule has 0 aromatic heterocycles. The summed E-state index contributed by atoms with van der Waals surface area (Å²) in [5.41, 5.74) is 1.92. The van der Waals surface area contributed by atoms with Gasteiger partial charge in [-0.3, -0.25) is 0 Å². The molecule has 0 aliphatic carbocycles. The maximum absolute atomic E-state index is 5.92. The summed E-state index contributed by atoms with van der Waals surface area (Å²) in [4.78, 5) is 0. The molecular formula is C14H16OSSi. The van der Waals surface area contributed by atoms with Crippen LogP contribution in [-0.2, 0) is 10.0 Å². The first-order valence-electron chi connectivity index (χ1n) is 5.60. The summed E-state index contributed by atoms with van der Waals surface area (Å²) in [5.74, 6) is 0.643. The molecule has 0 atom stereocenters. The molecule has 0 spiro atoms. The van der Waals surface area contributed by atoms with Gasteiger partial charge in [0.15, 0.2) is 0 Å². The SMILES string of the molecule is [SiH3]OC(CS)(c1ccccc1)c1ccccc1. The first kappa shape index (κ1) is 12.4. The third-order valence-electron chi connectivity index (χ3n) is 3.05. The first-order valence-corrected chi connectivity index (χ1v) is 7.05. The van der Waals surface area contributed by atoms with E-state index < -0.39 is 5.60 Å². The lowest BCUT2D eigenvalue weighted by atomic mass is 9.88. The van der Waals surface area contributed by atoms with Crippen molar-refractivity contribution < 1.29 is 4.43 Å². The van der Waals surface area contributed by atoms with Crippen LogP contribution in [0.2, 0.25) is 0 Å². The molecule has 0 amide bonds. The molecule has 2 rings (SSSR count). The Balaban J connectivity index is 2.54. The van der Waals surface area contributed by atoms with Gasteiger partial charge in [0, 0.05) is 5.75 Å². The van der Waals surface area contributed by atoms with E-state index in [4.69, 9.17) is 4.43 Å². The molecule has 0 aliphatic rings. The molecular weight excluding hydrogens is 244 g/mol. The van der Waals surface area contributed by atoms with Gasteiger partial charge in [0.25, 0.3) is 0 Å². The van der Waals surface area contributed by atoms with Gasteiger partial charge in [0.05, 0.1) is 0 Å². The van der Waals surface area contributed by atoms with Crippen molar-refractivity contribution in [2.45, 2.75) is 5.60 Å². The first-order chi connectivity index (χ1) is 8.33. The van der Waals surface area contributed by atoms with E-state index in [2.05, 4.69) is 36.9 Å². The highest BCUT2D eigenvalue weighted by Gasteiger charge is 2.31. The molecule has 0 N–H and O–H groups in total. The highest BCUT2D eigenvalue weighted by molar-refractivity contribution is 7.80. The van der Waals surface area contributed by atoms with E-state index in [-0.39, 0.29) is 0 Å². The third-order valence-corrected chi connectivity index (χ3v) is 4.19. The minimum Gasteiger partial charge on any atom is -0.414 e. The summed E-state index contributed by atoms with van der Waals surface area (Å²) < 4.78 is 5.92. The normalized spacial score (nSPS) is 11.6. The van der Waals surface area contributed by atoms with Crippen LogP contribution in [0, 0.1) is 0 Å². The van der Waals surface area contributed by atoms with E-state index in [1.807, 2.05) is 36.4 Å². The van der Waals surface area contributed by atoms with E-state index >= 15 is 0 Å². The largest absolute Gasteiger partial charge is 0.414 e. The Morgan fingerprint density at radius 2 is 1.29 bits per heavy atom. The van der Waals surface area contributed by atoms with Crippen LogP contribution in [0.15, 0.2) is 60.7 Å². The average molecular weight is 260 g/mol. The minimum atomic E-state index is -0.405. The summed E-state index contributed by atoms with van der Waals surface area (Å²) in [6.07, 6.45) is 0. The van der Waals surface area contributed by atoms with Crippen molar-refractivity contribution in [2.75, 3.05) is 5.75 Å². The van der Waals surface area contributed by atoms with Crippen LogP contribution in [0.4, 0.5) is 0 Å². The number of benzene rings is 2. The van der Waals surface area contributed by atoms with Gasteiger partial charge in [-0.25, -0.2) is 0 Å². The molecule has 0 saturated heterocycles. The van der Waals surface area contributed by atoms with Crippen LogP contribution in [-0.4, -0.2) is 16.2 Å². The predicted octanol–water partition coefficient (Wildman–Crippen LogP) is 2.16. The van der Waals surface area contributed by atoms with Crippen LogP contribution in [0.1, 0.15) is 11.1 Å². The van der Waals surface area contributed by atoms with Gasteiger partial charge in [-0.05, 0) is 11.1 Å². The molecule has 2 aromatic rings. The Kier molecular flexibility index (Phi) is 4.05. The van der Waals surface area contributed by atoms with Gasteiger partial charge in [-0.2, -0.15) is 12.6 Å². The van der Waals surface area contributed by atoms with Crippen molar-refractivity contribution in [3.63, 3.8) is 0 Å². The zero-order valence-electron chi connectivity index (χ0n) is 9.84. The van der Waals surface area contributed by atoms with Crippen molar-refractivity contribution in [3.05, 3.63) is 71.8 Å². The van der Waals surface area contributed by atoms with Gasteiger partial charge in [-0.1, -0.05) is 60.7 Å². The lowest BCUT2D eigenvalue weighted by Crippen LogP contribution is -2.32. The van der Waals surface area contributed by atoms with Crippen molar-refractivity contribution in [1.82, 2.24) is 0 Å². The van der Waals surface area contributed by atoms with Crippen LogP contribution >= 0.6 is 12.6 Å². The molecule has 0 fully saturated rings. The lowest BCUT2D eigenvalue weighted by molar-refractivity contribution is 0.155. The van der Waals surface area contributed by atoms with E-state index in [9.17, 15) is 0 Å². The second-order valence-corrected chi connectivity index (χ2v) is 4.65. The maximum atomic E-state index is 5.92. The van der Waals surface area contributed by atoms with Crippen molar-refractivity contribution in [3.8, 4) is 0 Å². The Morgan fingerprint density at radius 3 is 1.59 bits per heavy atom. The quantitative estimate of drug-likeness (QED) is 0.655. The van der Waals surface area contributed by atoms with E-state index in [0.29, 0.717) is 16.2 Å². The van der Waals surface area contributed by atoms with Gasteiger partial charge in [0.2, 0.25) is 0 Å². The monoisotopic (exact) mass is 260 g/mol. The fourth-order valence-electron chi connectivity index (χ4n) is 2.06. The second kappa shape index (κ2) is 5.54. The topological polar surface area (TPSA) is 9.23 Å². The van der Waals surface area contributed by atoms with E-state index in [0.717, 1.165) is 11.1 Å². The number of hydrogen-bond donors (Lipinski definition) is 1. The summed E-state index contributed by atoms with van der Waals surface area (Å²) in [6, 6.07) is 20.6. The summed E-state index contributed by atoms with van der Waals surface area (Å²) >= 11 is 4.50. The molecule has 3 heteroatoms. The Morgan fingerprint density at radius 1 is 0.882 bits per heavy atom. The molecule has 17 heavy (non-hydrogen) atoms.